The van der Waals surface area contributed by atoms with Crippen molar-refractivity contribution in [2.24, 2.45) is 0 Å². The molecule has 1 unspecified atom stereocenters. The summed E-state index contributed by atoms with van der Waals surface area (Å²) < 4.78 is 11.2. The van der Waals surface area contributed by atoms with E-state index in [1.54, 1.807) is 7.11 Å². The molecule has 3 saturated heterocycles. The van der Waals surface area contributed by atoms with Crippen molar-refractivity contribution in [2.45, 2.75) is 12.6 Å². The summed E-state index contributed by atoms with van der Waals surface area (Å²) in [6.45, 7) is 3.93. The Bertz CT molecular complexity index is 1430. The molecule has 11 nitrogen and oxygen atoms in total. The fraction of sp³-hybridized carbons (Fsp3) is 0.323. The second-order valence-corrected chi connectivity index (χ2v) is 10.5. The van der Waals surface area contributed by atoms with Crippen LogP contribution >= 0.6 is 0 Å². The van der Waals surface area contributed by atoms with Crippen LogP contribution in [0.3, 0.4) is 0 Å². The lowest BCUT2D eigenvalue weighted by atomic mass is 10.1. The summed E-state index contributed by atoms with van der Waals surface area (Å²) in [6, 6.07) is 23.8. The van der Waals surface area contributed by atoms with Gasteiger partial charge >= 0.3 is 12.1 Å². The molecule has 4 amide bonds. The number of anilines is 1. The van der Waals surface area contributed by atoms with E-state index >= 15 is 0 Å². The van der Waals surface area contributed by atoms with Crippen LogP contribution in [0.2, 0.25) is 0 Å². The number of urea groups is 1. The molecule has 0 aromatic heterocycles. The van der Waals surface area contributed by atoms with Crippen molar-refractivity contribution in [3.8, 4) is 17.2 Å². The number of hydrogen-bond acceptors (Lipinski definition) is 8. The van der Waals surface area contributed by atoms with E-state index in [2.05, 4.69) is 9.80 Å². The van der Waals surface area contributed by atoms with Gasteiger partial charge in [-0.3, -0.25) is 9.69 Å². The van der Waals surface area contributed by atoms with Gasteiger partial charge in [0, 0.05) is 58.0 Å². The number of hydroxylamine groups is 2. The third kappa shape index (κ3) is 5.82. The predicted molar refractivity (Wildman–Crippen MR) is 154 cm³/mol. The molecule has 0 spiro atoms. The number of para-hydroxylation sites is 1. The van der Waals surface area contributed by atoms with Gasteiger partial charge in [-0.2, -0.15) is 0 Å². The van der Waals surface area contributed by atoms with Crippen molar-refractivity contribution in [3.05, 3.63) is 84.4 Å². The van der Waals surface area contributed by atoms with E-state index in [-0.39, 0.29) is 0 Å². The van der Waals surface area contributed by atoms with Gasteiger partial charge in [0.05, 0.1) is 7.11 Å². The molecule has 3 aliphatic rings. The standard InChI is InChI=1S/C31H33N5O6/c1-40-25-12-10-24(11-13-25)33-15-17-34(18-16-33)31(39)42-36-29(37)28-22-32(14-19-35(28)30(36)38)21-23-6-5-9-27(20-23)41-26-7-3-2-4-8-26/h2-13,20,28H,14-19,21-22H2,1H3. The van der Waals surface area contributed by atoms with Crippen LogP contribution in [-0.4, -0.2) is 96.8 Å². The number of carbonyl (C=O) groups is 3. The van der Waals surface area contributed by atoms with Gasteiger partial charge in [0.2, 0.25) is 0 Å². The van der Waals surface area contributed by atoms with E-state index in [4.69, 9.17) is 14.3 Å². The fourth-order valence-corrected chi connectivity index (χ4v) is 5.52. The topological polar surface area (TPSA) is 95.1 Å². The molecule has 0 bridgehead atoms. The molecule has 3 fully saturated rings. The summed E-state index contributed by atoms with van der Waals surface area (Å²) in [6.07, 6.45) is -0.696. The van der Waals surface area contributed by atoms with Crippen LogP contribution in [-0.2, 0) is 16.2 Å². The quantitative estimate of drug-likeness (QED) is 0.395. The van der Waals surface area contributed by atoms with Crippen LogP contribution in [0.5, 0.6) is 17.2 Å². The molecular weight excluding hydrogens is 538 g/mol. The van der Waals surface area contributed by atoms with Crippen molar-refractivity contribution < 1.29 is 28.7 Å². The molecule has 11 heteroatoms. The van der Waals surface area contributed by atoms with Crippen LogP contribution in [0.15, 0.2) is 78.9 Å². The molecule has 218 valence electrons. The number of methoxy groups -OCH3 is 1. The predicted octanol–water partition coefficient (Wildman–Crippen LogP) is 3.81. The van der Waals surface area contributed by atoms with Gasteiger partial charge in [-0.15, -0.1) is 0 Å². The maximum Gasteiger partial charge on any atom is 0.434 e. The van der Waals surface area contributed by atoms with E-state index in [0.29, 0.717) is 57.4 Å². The Kier molecular flexibility index (Phi) is 7.83. The zero-order chi connectivity index (χ0) is 29.1. The van der Waals surface area contributed by atoms with Crippen LogP contribution in [0.4, 0.5) is 15.3 Å². The number of amides is 4. The Morgan fingerprint density at radius 1 is 0.810 bits per heavy atom. The third-order valence-corrected chi connectivity index (χ3v) is 7.80. The maximum absolute atomic E-state index is 13.2. The minimum atomic E-state index is -0.699. The number of ether oxygens (including phenoxy) is 2. The fourth-order valence-electron chi connectivity index (χ4n) is 5.52. The average molecular weight is 572 g/mol. The lowest BCUT2D eigenvalue weighted by Gasteiger charge is -2.35. The SMILES string of the molecule is COc1ccc(N2CCN(C(=O)ON3C(=O)C4CN(Cc5cccc(Oc6ccccc6)c5)CCN4C3=O)CC2)cc1. The monoisotopic (exact) mass is 571 g/mol. The molecule has 6 rings (SSSR count). The summed E-state index contributed by atoms with van der Waals surface area (Å²) in [5.74, 6) is 1.75. The second kappa shape index (κ2) is 12.0. The van der Waals surface area contributed by atoms with Gasteiger partial charge in [-0.1, -0.05) is 35.4 Å². The molecule has 0 aliphatic carbocycles. The maximum atomic E-state index is 13.2. The highest BCUT2D eigenvalue weighted by atomic mass is 16.7. The zero-order valence-electron chi connectivity index (χ0n) is 23.4. The first kappa shape index (κ1) is 27.4. The summed E-state index contributed by atoms with van der Waals surface area (Å²) in [5, 5.41) is 0.640. The van der Waals surface area contributed by atoms with Crippen LogP contribution in [0.1, 0.15) is 5.56 Å². The van der Waals surface area contributed by atoms with E-state index in [1.807, 2.05) is 78.9 Å². The number of rotatable bonds is 7. The largest absolute Gasteiger partial charge is 0.497 e. The molecular formula is C31H33N5O6. The van der Waals surface area contributed by atoms with E-state index in [0.717, 1.165) is 28.5 Å². The lowest BCUT2D eigenvalue weighted by molar-refractivity contribution is -0.152. The Morgan fingerprint density at radius 3 is 2.29 bits per heavy atom. The highest BCUT2D eigenvalue weighted by Crippen LogP contribution is 2.27. The van der Waals surface area contributed by atoms with Gasteiger partial charge in [-0.05, 0) is 54.1 Å². The lowest BCUT2D eigenvalue weighted by Crippen LogP contribution is -2.52. The highest BCUT2D eigenvalue weighted by Gasteiger charge is 2.50. The normalized spacial score (nSPS) is 19.1. The summed E-state index contributed by atoms with van der Waals surface area (Å²) in [7, 11) is 1.63. The first-order valence-corrected chi connectivity index (χ1v) is 14.0. The molecule has 0 N–H and O–H groups in total. The Balaban J connectivity index is 1.02. The summed E-state index contributed by atoms with van der Waals surface area (Å²) in [5.41, 5.74) is 2.07. The van der Waals surface area contributed by atoms with Crippen molar-refractivity contribution >= 4 is 23.7 Å². The number of imide groups is 1. The first-order valence-electron chi connectivity index (χ1n) is 14.0. The molecule has 0 saturated carbocycles. The van der Waals surface area contributed by atoms with Crippen LogP contribution in [0.25, 0.3) is 0 Å². The molecule has 42 heavy (non-hydrogen) atoms. The number of piperazine rings is 2. The van der Waals surface area contributed by atoms with E-state index < -0.39 is 24.1 Å². The molecule has 3 aliphatic heterocycles. The zero-order valence-corrected chi connectivity index (χ0v) is 23.4. The van der Waals surface area contributed by atoms with Crippen molar-refractivity contribution in [3.63, 3.8) is 0 Å². The van der Waals surface area contributed by atoms with Crippen molar-refractivity contribution in [1.82, 2.24) is 19.8 Å². The molecule has 0 radical (unpaired) electrons. The third-order valence-electron chi connectivity index (χ3n) is 7.80. The number of nitrogens with zero attached hydrogens (tertiary/aromatic N) is 5. The van der Waals surface area contributed by atoms with Gasteiger partial charge in [0.25, 0.3) is 5.91 Å². The Labute approximate surface area is 244 Å². The molecule has 3 heterocycles. The summed E-state index contributed by atoms with van der Waals surface area (Å²) in [4.78, 5) is 51.8. The highest BCUT2D eigenvalue weighted by molar-refractivity contribution is 6.04. The van der Waals surface area contributed by atoms with E-state index in [9.17, 15) is 14.4 Å². The minimum Gasteiger partial charge on any atom is -0.497 e. The number of carbonyl (C=O) groups excluding carboxylic acids is 3. The first-order chi connectivity index (χ1) is 20.5. The van der Waals surface area contributed by atoms with Crippen molar-refractivity contribution in [1.29, 1.82) is 0 Å². The second-order valence-electron chi connectivity index (χ2n) is 10.5. The van der Waals surface area contributed by atoms with Gasteiger partial charge in [0.15, 0.2) is 0 Å². The Morgan fingerprint density at radius 2 is 1.55 bits per heavy atom. The average Bonchev–Trinajstić information content (AvgIpc) is 3.26. The van der Waals surface area contributed by atoms with Gasteiger partial charge in [-0.25, -0.2) is 9.59 Å². The number of benzene rings is 3. The smallest absolute Gasteiger partial charge is 0.434 e. The van der Waals surface area contributed by atoms with Crippen LogP contribution in [0, 0.1) is 0 Å². The molecule has 3 aromatic carbocycles. The van der Waals surface area contributed by atoms with Gasteiger partial charge < -0.3 is 29.0 Å². The molecule has 1 atom stereocenters. The number of fused-ring (bicyclic) bond motifs is 1. The van der Waals surface area contributed by atoms with E-state index in [1.165, 1.54) is 9.80 Å². The summed E-state index contributed by atoms with van der Waals surface area (Å²) >= 11 is 0. The minimum absolute atomic E-state index is 0.350. The number of hydrogen-bond donors (Lipinski definition) is 0. The Hall–Kier alpha value is -4.77. The van der Waals surface area contributed by atoms with Crippen molar-refractivity contribution in [2.75, 3.05) is 57.8 Å². The van der Waals surface area contributed by atoms with Crippen LogP contribution < -0.4 is 14.4 Å². The van der Waals surface area contributed by atoms with Gasteiger partial charge in [0.1, 0.15) is 23.3 Å². The molecule has 3 aromatic rings.